The Morgan fingerprint density at radius 1 is 1.04 bits per heavy atom. The number of benzene rings is 2. The van der Waals surface area contributed by atoms with Gasteiger partial charge in [-0.3, -0.25) is 0 Å². The first kappa shape index (κ1) is 18.4. The van der Waals surface area contributed by atoms with Crippen molar-refractivity contribution in [2.75, 3.05) is 25.8 Å². The first-order valence-electron chi connectivity index (χ1n) is 8.47. The number of anilines is 1. The molecule has 142 valence electrons. The minimum atomic E-state index is -0.723. The van der Waals surface area contributed by atoms with Gasteiger partial charge in [0.2, 0.25) is 0 Å². The predicted molar refractivity (Wildman–Crippen MR) is 98.3 cm³/mol. The Morgan fingerprint density at radius 3 is 2.00 bits per heavy atom. The van der Waals surface area contributed by atoms with Gasteiger partial charge in [-0.05, 0) is 55.5 Å². The third-order valence-electron chi connectivity index (χ3n) is 4.39. The van der Waals surface area contributed by atoms with E-state index < -0.39 is 6.03 Å². The number of urea groups is 1. The molecule has 0 spiro atoms. The van der Waals surface area contributed by atoms with Gasteiger partial charge in [-0.1, -0.05) is 5.12 Å². The van der Waals surface area contributed by atoms with Crippen LogP contribution in [0.5, 0.6) is 11.5 Å². The third kappa shape index (κ3) is 3.22. The van der Waals surface area contributed by atoms with Crippen LogP contribution in [0.1, 0.15) is 12.5 Å². The molecule has 2 aromatic rings. The molecule has 1 aliphatic heterocycles. The molecule has 1 aliphatic rings. The number of nitrogens with zero attached hydrogens (tertiary/aromatic N) is 2. The molecule has 0 bridgehead atoms. The quantitative estimate of drug-likeness (QED) is 0.791. The van der Waals surface area contributed by atoms with Crippen molar-refractivity contribution in [3.8, 4) is 11.5 Å². The van der Waals surface area contributed by atoms with Crippen LogP contribution in [-0.2, 0) is 0 Å². The van der Waals surface area contributed by atoms with Crippen LogP contribution in [0.15, 0.2) is 54.4 Å². The molecule has 8 nitrogen and oxygen atoms in total. The summed E-state index contributed by atoms with van der Waals surface area (Å²) in [7, 11) is 3.14. The number of carbonyl (C=O) groups is 1. The number of hydrogen-bond donors (Lipinski definition) is 2. The summed E-state index contributed by atoms with van der Waals surface area (Å²) in [5, 5.41) is 16.3. The van der Waals surface area contributed by atoms with Gasteiger partial charge in [0, 0.05) is 5.56 Å². The van der Waals surface area contributed by atoms with Gasteiger partial charge in [-0.25, -0.2) is 9.80 Å². The Balaban J connectivity index is 2.11. The maximum atomic E-state index is 13.3. The van der Waals surface area contributed by atoms with Gasteiger partial charge < -0.3 is 20.3 Å². The molecule has 3 N–H and O–H groups in total. The lowest BCUT2D eigenvalue weighted by atomic mass is 10.1. The van der Waals surface area contributed by atoms with Crippen LogP contribution in [0.4, 0.5) is 10.5 Å². The first-order chi connectivity index (χ1) is 13.0. The van der Waals surface area contributed by atoms with Crippen LogP contribution < -0.4 is 30.3 Å². The van der Waals surface area contributed by atoms with Gasteiger partial charge >= 0.3 is 6.03 Å². The van der Waals surface area contributed by atoms with E-state index in [9.17, 15) is 9.90 Å². The Bertz CT molecular complexity index is 849. The monoisotopic (exact) mass is 370 g/mol. The Kier molecular flexibility index (Phi) is 5.09. The lowest BCUT2D eigenvalue weighted by Crippen LogP contribution is -3.16. The number of primary amides is 1. The number of carbonyl (C=O) groups excluding carboxylic acids is 1. The normalized spacial score (nSPS) is 16.6. The second-order valence-corrected chi connectivity index (χ2v) is 5.87. The summed E-state index contributed by atoms with van der Waals surface area (Å²) >= 11 is 0. The molecule has 0 saturated heterocycles. The first-order valence-corrected chi connectivity index (χ1v) is 8.47. The van der Waals surface area contributed by atoms with E-state index in [0.29, 0.717) is 40.0 Å². The van der Waals surface area contributed by atoms with Crippen LogP contribution in [0.2, 0.25) is 0 Å². The van der Waals surface area contributed by atoms with E-state index in [4.69, 9.17) is 15.2 Å². The summed E-state index contributed by atoms with van der Waals surface area (Å²) in [5.74, 6) is 1.01. The number of nitrogens with two attached hydrogens (primary N) is 1. The highest BCUT2D eigenvalue weighted by molar-refractivity contribution is 5.78. The Labute approximate surface area is 157 Å². The van der Waals surface area contributed by atoms with E-state index in [-0.39, 0.29) is 5.88 Å². The van der Waals surface area contributed by atoms with Gasteiger partial charge in [-0.15, -0.1) is 0 Å². The summed E-state index contributed by atoms with van der Waals surface area (Å²) in [6.45, 7) is 2.34. The number of rotatable bonds is 5. The number of hydrazine groups is 1. The lowest BCUT2D eigenvalue weighted by Gasteiger charge is -2.31. The maximum Gasteiger partial charge on any atom is 0.382 e. The van der Waals surface area contributed by atoms with E-state index in [1.165, 1.54) is 10.1 Å². The number of hydrogen-bond acceptors (Lipinski definition) is 5. The molecule has 1 heterocycles. The molecule has 3 rings (SSSR count). The fraction of sp³-hybridized carbons (Fsp3) is 0.211. The molecule has 2 aromatic carbocycles. The van der Waals surface area contributed by atoms with Crippen LogP contribution in [0, 0.1) is 0 Å². The smallest absolute Gasteiger partial charge is 0.382 e. The van der Waals surface area contributed by atoms with Crippen molar-refractivity contribution >= 4 is 17.4 Å². The number of ether oxygens (including phenoxy) is 2. The fourth-order valence-electron chi connectivity index (χ4n) is 3.11. The topological polar surface area (TPSA) is 95.5 Å². The number of quaternary nitrogens is 1. The molecule has 0 aliphatic carbocycles. The molecule has 1 atom stereocenters. The van der Waals surface area contributed by atoms with Crippen molar-refractivity contribution in [1.82, 2.24) is 5.12 Å². The number of methoxy groups -OCH3 is 2. The van der Waals surface area contributed by atoms with E-state index >= 15 is 0 Å². The van der Waals surface area contributed by atoms with Gasteiger partial charge in [0.25, 0.3) is 0 Å². The van der Waals surface area contributed by atoms with Crippen molar-refractivity contribution in [2.45, 2.75) is 6.92 Å². The molecule has 2 amide bonds. The molecule has 0 saturated carbocycles. The summed E-state index contributed by atoms with van der Waals surface area (Å²) in [5.41, 5.74) is 7.27. The molecule has 0 aromatic heterocycles. The molecular weight excluding hydrogens is 348 g/mol. The van der Waals surface area contributed by atoms with E-state index in [1.54, 1.807) is 62.8 Å². The van der Waals surface area contributed by atoms with Crippen molar-refractivity contribution in [1.29, 1.82) is 0 Å². The van der Waals surface area contributed by atoms with Gasteiger partial charge in [0.05, 0.1) is 25.8 Å². The molecular formula is C19H22N4O4. The zero-order valence-electron chi connectivity index (χ0n) is 15.4. The summed E-state index contributed by atoms with van der Waals surface area (Å²) in [4.78, 5) is 12.2. The standard InChI is InChI=1S/C19H22N4O4/c1-4-21-17(13-5-9-15(26-2)10-6-13)18(24)22(23(21)19(20)25)14-7-11-16(27-3)12-8-14/h5-12,24H,4H2,1-3H3,(H2,20,25). The van der Waals surface area contributed by atoms with Crippen LogP contribution >= 0.6 is 0 Å². The van der Waals surface area contributed by atoms with E-state index in [2.05, 4.69) is 0 Å². The highest BCUT2D eigenvalue weighted by Gasteiger charge is 2.41. The number of amides is 2. The average molecular weight is 370 g/mol. The van der Waals surface area contributed by atoms with Crippen LogP contribution in [-0.4, -0.2) is 31.9 Å². The van der Waals surface area contributed by atoms with Crippen molar-refractivity contribution in [3.63, 3.8) is 0 Å². The summed E-state index contributed by atoms with van der Waals surface area (Å²) < 4.78 is 10.3. The molecule has 0 radical (unpaired) electrons. The van der Waals surface area contributed by atoms with Gasteiger partial charge in [0.15, 0.2) is 5.70 Å². The minimum Gasteiger partial charge on any atom is -0.854 e. The van der Waals surface area contributed by atoms with E-state index in [1.807, 2.05) is 6.92 Å². The third-order valence-corrected chi connectivity index (χ3v) is 4.39. The van der Waals surface area contributed by atoms with Crippen molar-refractivity contribution in [3.05, 3.63) is 60.0 Å². The van der Waals surface area contributed by atoms with Crippen molar-refractivity contribution in [2.24, 2.45) is 5.73 Å². The molecule has 0 fully saturated rings. The second-order valence-electron chi connectivity index (χ2n) is 5.87. The van der Waals surface area contributed by atoms with Crippen LogP contribution in [0.3, 0.4) is 0 Å². The average Bonchev–Trinajstić information content (AvgIpc) is 3.00. The van der Waals surface area contributed by atoms with Crippen LogP contribution in [0.25, 0.3) is 5.70 Å². The summed E-state index contributed by atoms with van der Waals surface area (Å²) in [6.07, 6.45) is 0. The highest BCUT2D eigenvalue weighted by atomic mass is 16.5. The largest absolute Gasteiger partial charge is 0.854 e. The molecule has 27 heavy (non-hydrogen) atoms. The molecule has 1 unspecified atom stereocenters. The maximum absolute atomic E-state index is 13.3. The number of nitrogens with one attached hydrogen (secondary N) is 1. The highest BCUT2D eigenvalue weighted by Crippen LogP contribution is 2.28. The van der Waals surface area contributed by atoms with E-state index in [0.717, 1.165) is 0 Å². The fourth-order valence-corrected chi connectivity index (χ4v) is 3.11. The Morgan fingerprint density at radius 2 is 1.56 bits per heavy atom. The molecule has 8 heteroatoms. The van der Waals surface area contributed by atoms with Gasteiger partial charge in [-0.2, -0.15) is 5.01 Å². The summed E-state index contributed by atoms with van der Waals surface area (Å²) in [6, 6.07) is 13.3. The SMILES string of the molecule is CC[NH+]1C(c2ccc(OC)cc2)=C([O-])N(c2ccc(OC)cc2)N1C(N)=O. The minimum absolute atomic E-state index is 0.319. The predicted octanol–water partition coefficient (Wildman–Crippen LogP) is 0.326. The van der Waals surface area contributed by atoms with Crippen molar-refractivity contribution < 1.29 is 24.4 Å². The second kappa shape index (κ2) is 7.46. The van der Waals surface area contributed by atoms with Gasteiger partial charge in [0.1, 0.15) is 18.0 Å². The Hall–Kier alpha value is -3.39. The zero-order chi connectivity index (χ0) is 19.6. The lowest BCUT2D eigenvalue weighted by molar-refractivity contribution is -0.930. The zero-order valence-corrected chi connectivity index (χ0v) is 15.4.